The SMILES string of the molecule is C/C(=N\OC(=O)N(CCO[Si](C)(C)C(C)(C)C)CCN(C)C(=O)OC(C)(C)C)[C@H]1CC[C@H]2[C@@H]3CCC4=CC(=O)CC[C@]4(C)[C@H]3CC[C@]12C. The van der Waals surface area contributed by atoms with E-state index in [1.165, 1.54) is 29.7 Å². The van der Waals surface area contributed by atoms with Crippen LogP contribution in [0.4, 0.5) is 9.59 Å². The molecule has 0 unspecified atom stereocenters. The predicted octanol–water partition coefficient (Wildman–Crippen LogP) is 8.84. The van der Waals surface area contributed by atoms with Crippen LogP contribution in [0.3, 0.4) is 0 Å². The fourth-order valence-electron chi connectivity index (χ4n) is 9.10. The van der Waals surface area contributed by atoms with Crippen molar-refractivity contribution in [3.63, 3.8) is 0 Å². The third-order valence-electron chi connectivity index (χ3n) is 13.0. The zero-order valence-corrected chi connectivity index (χ0v) is 33.2. The molecule has 0 heterocycles. The monoisotopic (exact) mass is 687 g/mol. The van der Waals surface area contributed by atoms with E-state index in [1.54, 1.807) is 11.9 Å². The van der Waals surface area contributed by atoms with Crippen molar-refractivity contribution in [1.29, 1.82) is 0 Å². The second-order valence-corrected chi connectivity index (χ2v) is 23.0. The van der Waals surface area contributed by atoms with Crippen molar-refractivity contribution in [3.8, 4) is 0 Å². The van der Waals surface area contributed by atoms with Crippen LogP contribution in [0.25, 0.3) is 0 Å². The Morgan fingerprint density at radius 2 is 1.62 bits per heavy atom. The molecule has 3 saturated carbocycles. The quantitative estimate of drug-likeness (QED) is 0.104. The van der Waals surface area contributed by atoms with E-state index in [2.05, 4.69) is 52.9 Å². The van der Waals surface area contributed by atoms with Gasteiger partial charge < -0.3 is 19.0 Å². The minimum atomic E-state index is -2.01. The van der Waals surface area contributed by atoms with Gasteiger partial charge in [0.2, 0.25) is 0 Å². The summed E-state index contributed by atoms with van der Waals surface area (Å²) < 4.78 is 11.9. The number of hydrogen-bond acceptors (Lipinski definition) is 7. The molecule has 0 N–H and O–H groups in total. The van der Waals surface area contributed by atoms with E-state index >= 15 is 0 Å². The Morgan fingerprint density at radius 1 is 0.938 bits per heavy atom. The maximum Gasteiger partial charge on any atom is 0.436 e. The number of carbonyl (C=O) groups is 3. The molecule has 4 rings (SSSR count). The summed E-state index contributed by atoms with van der Waals surface area (Å²) in [6, 6.07) is 0. The van der Waals surface area contributed by atoms with E-state index in [0.717, 1.165) is 31.4 Å². The molecule has 48 heavy (non-hydrogen) atoms. The van der Waals surface area contributed by atoms with Crippen molar-refractivity contribution in [2.45, 2.75) is 137 Å². The summed E-state index contributed by atoms with van der Waals surface area (Å²) in [5.74, 6) is 2.49. The topological polar surface area (TPSA) is 97.7 Å². The molecule has 4 aliphatic carbocycles. The first-order valence-corrected chi connectivity index (χ1v) is 21.3. The van der Waals surface area contributed by atoms with Gasteiger partial charge in [-0.1, -0.05) is 45.3 Å². The highest BCUT2D eigenvalue weighted by Gasteiger charge is 2.59. The van der Waals surface area contributed by atoms with Gasteiger partial charge in [0.25, 0.3) is 0 Å². The van der Waals surface area contributed by atoms with Crippen molar-refractivity contribution in [2.75, 3.05) is 33.3 Å². The van der Waals surface area contributed by atoms with Gasteiger partial charge in [-0.2, -0.15) is 0 Å². The molecule has 6 atom stereocenters. The summed E-state index contributed by atoms with van der Waals surface area (Å²) in [7, 11) is -0.338. The highest BCUT2D eigenvalue weighted by molar-refractivity contribution is 6.74. The lowest BCUT2D eigenvalue weighted by Crippen LogP contribution is -2.51. The van der Waals surface area contributed by atoms with Crippen LogP contribution >= 0.6 is 0 Å². The number of carbonyl (C=O) groups excluding carboxylic acids is 3. The lowest BCUT2D eigenvalue weighted by Gasteiger charge is -2.58. The van der Waals surface area contributed by atoms with E-state index < -0.39 is 26.1 Å². The first kappa shape index (κ1) is 38.6. The summed E-state index contributed by atoms with van der Waals surface area (Å²) in [5.41, 5.74) is 1.97. The van der Waals surface area contributed by atoms with Gasteiger partial charge in [-0.15, -0.1) is 0 Å². The molecule has 4 aliphatic rings. The highest BCUT2D eigenvalue weighted by atomic mass is 28.4. The van der Waals surface area contributed by atoms with Crippen LogP contribution in [-0.4, -0.2) is 80.7 Å². The maximum absolute atomic E-state index is 13.6. The second kappa shape index (κ2) is 14.2. The number of ketones is 1. The third-order valence-corrected chi connectivity index (χ3v) is 17.6. The lowest BCUT2D eigenvalue weighted by molar-refractivity contribution is -0.117. The summed E-state index contributed by atoms with van der Waals surface area (Å²) in [6.45, 7) is 24.7. The van der Waals surface area contributed by atoms with Gasteiger partial charge in [0.1, 0.15) is 5.60 Å². The van der Waals surface area contributed by atoms with E-state index in [9.17, 15) is 14.4 Å². The summed E-state index contributed by atoms with van der Waals surface area (Å²) in [4.78, 5) is 47.2. The number of allylic oxidation sites excluding steroid dienone is 1. The van der Waals surface area contributed by atoms with Gasteiger partial charge in [-0.3, -0.25) is 9.63 Å². The Balaban J connectivity index is 1.43. The first-order valence-electron chi connectivity index (χ1n) is 18.4. The Bertz CT molecular complexity index is 1280. The van der Waals surface area contributed by atoms with Crippen molar-refractivity contribution in [2.24, 2.45) is 39.7 Å². The molecular formula is C38H65N3O6Si. The molecular weight excluding hydrogens is 623 g/mol. The minimum Gasteiger partial charge on any atom is -0.444 e. The Kier molecular flexibility index (Phi) is 11.4. The number of hydrogen-bond donors (Lipinski definition) is 0. The van der Waals surface area contributed by atoms with Crippen molar-refractivity contribution < 1.29 is 28.4 Å². The van der Waals surface area contributed by atoms with Gasteiger partial charge in [0.15, 0.2) is 14.1 Å². The molecule has 0 aromatic heterocycles. The van der Waals surface area contributed by atoms with Gasteiger partial charge in [-0.05, 0) is 125 Å². The number of oxime groups is 1. The predicted molar refractivity (Wildman–Crippen MR) is 193 cm³/mol. The molecule has 0 radical (unpaired) electrons. The maximum atomic E-state index is 13.6. The Hall–Kier alpha value is -2.20. The van der Waals surface area contributed by atoms with Gasteiger partial charge >= 0.3 is 12.2 Å². The van der Waals surface area contributed by atoms with Crippen LogP contribution in [0.5, 0.6) is 0 Å². The molecule has 0 aromatic rings. The van der Waals surface area contributed by atoms with E-state index in [0.29, 0.717) is 49.7 Å². The molecule has 2 amide bonds. The fraction of sp³-hybridized carbons (Fsp3) is 0.842. The molecule has 10 heteroatoms. The van der Waals surface area contributed by atoms with E-state index in [4.69, 9.17) is 14.0 Å². The van der Waals surface area contributed by atoms with Crippen LogP contribution in [0.2, 0.25) is 18.1 Å². The van der Waals surface area contributed by atoms with Crippen LogP contribution < -0.4 is 0 Å². The summed E-state index contributed by atoms with van der Waals surface area (Å²) >= 11 is 0. The average molecular weight is 688 g/mol. The van der Waals surface area contributed by atoms with Gasteiger partial charge in [-0.25, -0.2) is 9.59 Å². The van der Waals surface area contributed by atoms with Crippen LogP contribution in [0.1, 0.15) is 114 Å². The fourth-order valence-corrected chi connectivity index (χ4v) is 10.1. The molecule has 0 spiro atoms. The molecule has 0 bridgehead atoms. The summed E-state index contributed by atoms with van der Waals surface area (Å²) in [6.07, 6.45) is 9.45. The molecule has 9 nitrogen and oxygen atoms in total. The van der Waals surface area contributed by atoms with Crippen LogP contribution in [0, 0.1) is 34.5 Å². The van der Waals surface area contributed by atoms with Crippen molar-refractivity contribution in [1.82, 2.24) is 9.80 Å². The smallest absolute Gasteiger partial charge is 0.436 e. The van der Waals surface area contributed by atoms with Crippen molar-refractivity contribution in [3.05, 3.63) is 11.6 Å². The second-order valence-electron chi connectivity index (χ2n) is 18.2. The standard InChI is InChI=1S/C38H65N3O6Si/c1-26(30-15-16-31-29-14-13-27-25-28(42)17-19-37(27,8)32(29)18-20-38(30,31)9)39-47-34(44)41(23-24-45-48(11,12)36(5,6)7)22-21-40(10)33(43)46-35(2,3)4/h25,29-32H,13-24H2,1-12H3/b39-26+/t29-,30+,31-,32-,37-,38+/m0/s1. The molecule has 272 valence electrons. The first-order chi connectivity index (χ1) is 22.1. The summed E-state index contributed by atoms with van der Waals surface area (Å²) in [5, 5.41) is 4.55. The minimum absolute atomic E-state index is 0.0504. The number of fused-ring (bicyclic) bond motifs is 5. The Morgan fingerprint density at radius 3 is 2.27 bits per heavy atom. The third kappa shape index (κ3) is 8.22. The zero-order chi connectivity index (χ0) is 35.9. The van der Waals surface area contributed by atoms with Crippen molar-refractivity contribution >= 4 is 32.0 Å². The van der Waals surface area contributed by atoms with E-state index in [1.807, 2.05) is 33.8 Å². The number of nitrogens with zero attached hydrogens (tertiary/aromatic N) is 3. The average Bonchev–Trinajstić information content (AvgIpc) is 3.33. The number of likely N-dealkylation sites (N-methyl/N-ethyl adjacent to an activating group) is 1. The normalized spacial score (nSPS) is 30.9. The highest BCUT2D eigenvalue weighted by Crippen LogP contribution is 2.66. The lowest BCUT2D eigenvalue weighted by atomic mass is 9.46. The largest absolute Gasteiger partial charge is 0.444 e. The van der Waals surface area contributed by atoms with Gasteiger partial charge in [0, 0.05) is 39.0 Å². The number of rotatable bonds is 9. The number of ether oxygens (including phenoxy) is 1. The zero-order valence-electron chi connectivity index (χ0n) is 32.2. The molecule has 0 aliphatic heterocycles. The molecule has 0 saturated heterocycles. The van der Waals surface area contributed by atoms with Crippen LogP contribution in [0.15, 0.2) is 16.8 Å². The van der Waals surface area contributed by atoms with E-state index in [-0.39, 0.29) is 28.3 Å². The van der Waals surface area contributed by atoms with Crippen LogP contribution in [-0.2, 0) is 18.8 Å². The molecule has 3 fully saturated rings. The molecule has 0 aromatic carbocycles. The Labute approximate surface area is 291 Å². The number of amides is 2. The van der Waals surface area contributed by atoms with Gasteiger partial charge in [0.05, 0.1) is 12.3 Å².